The first-order valence-corrected chi connectivity index (χ1v) is 11.2. The van der Waals surface area contributed by atoms with Crippen molar-refractivity contribution >= 4 is 34.9 Å². The molecule has 0 amide bonds. The summed E-state index contributed by atoms with van der Waals surface area (Å²) >= 11 is 12.1. The van der Waals surface area contributed by atoms with Crippen molar-refractivity contribution in [3.63, 3.8) is 0 Å². The number of esters is 1. The van der Waals surface area contributed by atoms with Gasteiger partial charge in [0.1, 0.15) is 12.1 Å². The summed E-state index contributed by atoms with van der Waals surface area (Å²) in [5.41, 5.74) is 0.135. The van der Waals surface area contributed by atoms with Crippen molar-refractivity contribution in [2.75, 3.05) is 5.32 Å². The molecule has 0 heterocycles. The Morgan fingerprint density at radius 3 is 2.29 bits per heavy atom. The molecule has 2 atom stereocenters. The van der Waals surface area contributed by atoms with E-state index >= 15 is 8.78 Å². The van der Waals surface area contributed by atoms with E-state index < -0.39 is 24.0 Å². The maximum atomic E-state index is 15.0. The zero-order valence-electron chi connectivity index (χ0n) is 18.4. The maximum Gasteiger partial charge on any atom is 0.330 e. The second-order valence-electron chi connectivity index (χ2n) is 8.00. The first kappa shape index (κ1) is 25.5. The third-order valence-electron chi connectivity index (χ3n) is 5.20. The van der Waals surface area contributed by atoms with Crippen molar-refractivity contribution in [2.45, 2.75) is 31.9 Å². The highest BCUT2D eigenvalue weighted by Gasteiger charge is 2.35. The fraction of sp³-hybridized carbons (Fsp3) is 0.231. The van der Waals surface area contributed by atoms with Gasteiger partial charge in [-0.25, -0.2) is 4.79 Å². The molecule has 3 rings (SSSR count). The average molecular weight is 503 g/mol. The Kier molecular flexibility index (Phi) is 8.14. The number of anilines is 1. The van der Waals surface area contributed by atoms with Crippen LogP contribution >= 0.6 is 23.2 Å². The molecule has 8 heteroatoms. The van der Waals surface area contributed by atoms with E-state index in [9.17, 15) is 10.1 Å². The van der Waals surface area contributed by atoms with Crippen LogP contribution in [-0.2, 0) is 15.5 Å². The fourth-order valence-electron chi connectivity index (χ4n) is 3.34. The summed E-state index contributed by atoms with van der Waals surface area (Å²) in [6.07, 6.45) is -1.37. The Morgan fingerprint density at radius 1 is 1.00 bits per heavy atom. The number of nitrogens with zero attached hydrogens (tertiary/aromatic N) is 1. The third kappa shape index (κ3) is 5.85. The van der Waals surface area contributed by atoms with Gasteiger partial charge in [-0.15, -0.1) is 0 Å². The van der Waals surface area contributed by atoms with Crippen LogP contribution in [0.15, 0.2) is 72.8 Å². The highest BCUT2D eigenvalue weighted by molar-refractivity contribution is 6.36. The summed E-state index contributed by atoms with van der Waals surface area (Å²) in [6.45, 7) is 3.59. The molecule has 0 radical (unpaired) electrons. The molecule has 1 N–H and O–H groups in total. The minimum Gasteiger partial charge on any atom is -0.440 e. The number of ether oxygens (including phenoxy) is 1. The van der Waals surface area contributed by atoms with Crippen LogP contribution in [0.2, 0.25) is 10.0 Å². The average Bonchev–Trinajstić information content (AvgIpc) is 2.82. The lowest BCUT2D eigenvalue weighted by Crippen LogP contribution is -2.36. The second kappa shape index (κ2) is 10.9. The fourth-order valence-corrected chi connectivity index (χ4v) is 3.80. The van der Waals surface area contributed by atoms with Gasteiger partial charge in [-0.3, -0.25) is 0 Å². The summed E-state index contributed by atoms with van der Waals surface area (Å²) in [4.78, 5) is 13.0. The zero-order valence-corrected chi connectivity index (χ0v) is 19.9. The van der Waals surface area contributed by atoms with Crippen LogP contribution in [-0.4, -0.2) is 12.0 Å². The van der Waals surface area contributed by atoms with Gasteiger partial charge in [-0.1, -0.05) is 85.6 Å². The van der Waals surface area contributed by atoms with Gasteiger partial charge in [-0.2, -0.15) is 14.0 Å². The summed E-state index contributed by atoms with van der Waals surface area (Å²) in [6, 6.07) is 18.5. The van der Waals surface area contributed by atoms with E-state index in [2.05, 4.69) is 5.32 Å². The predicted octanol–water partition coefficient (Wildman–Crippen LogP) is 7.38. The summed E-state index contributed by atoms with van der Waals surface area (Å²) in [5, 5.41) is 13.4. The molecular formula is C26H22Cl2F2N2O2. The van der Waals surface area contributed by atoms with Gasteiger partial charge >= 0.3 is 5.97 Å². The number of hydrogen-bond acceptors (Lipinski definition) is 4. The van der Waals surface area contributed by atoms with Gasteiger partial charge in [0, 0.05) is 21.7 Å². The smallest absolute Gasteiger partial charge is 0.330 e. The minimum atomic E-state index is -3.28. The van der Waals surface area contributed by atoms with E-state index in [4.69, 9.17) is 27.9 Å². The number of benzene rings is 3. The molecule has 0 fully saturated rings. The molecule has 2 unspecified atom stereocenters. The predicted molar refractivity (Wildman–Crippen MR) is 129 cm³/mol. The highest BCUT2D eigenvalue weighted by Crippen LogP contribution is 2.37. The van der Waals surface area contributed by atoms with E-state index in [1.54, 1.807) is 32.0 Å². The van der Waals surface area contributed by atoms with Gasteiger partial charge in [-0.05, 0) is 30.2 Å². The first-order chi connectivity index (χ1) is 16.1. The van der Waals surface area contributed by atoms with Gasteiger partial charge in [0.15, 0.2) is 0 Å². The van der Waals surface area contributed by atoms with Crippen LogP contribution in [0.4, 0.5) is 14.5 Å². The lowest BCUT2D eigenvalue weighted by Gasteiger charge is -2.24. The maximum absolute atomic E-state index is 15.0. The Morgan fingerprint density at radius 2 is 1.68 bits per heavy atom. The molecule has 3 aromatic carbocycles. The molecule has 0 aliphatic rings. The van der Waals surface area contributed by atoms with Crippen molar-refractivity contribution in [1.29, 1.82) is 5.26 Å². The number of nitrogens with one attached hydrogen (secondary N) is 1. The summed E-state index contributed by atoms with van der Waals surface area (Å²) in [7, 11) is 0. The Labute approximate surface area is 207 Å². The topological polar surface area (TPSA) is 62.1 Å². The van der Waals surface area contributed by atoms with Crippen LogP contribution in [0.1, 0.15) is 36.6 Å². The molecule has 0 bridgehead atoms. The number of carbonyl (C=O) groups is 1. The molecule has 0 aliphatic carbocycles. The highest BCUT2D eigenvalue weighted by atomic mass is 35.5. The van der Waals surface area contributed by atoms with Crippen molar-refractivity contribution < 1.29 is 18.3 Å². The molecule has 0 saturated heterocycles. The lowest BCUT2D eigenvalue weighted by atomic mass is 9.97. The molecule has 0 saturated carbocycles. The van der Waals surface area contributed by atoms with Crippen molar-refractivity contribution in [3.05, 3.63) is 99.5 Å². The minimum absolute atomic E-state index is 0.149. The van der Waals surface area contributed by atoms with E-state index in [0.717, 1.165) is 0 Å². The van der Waals surface area contributed by atoms with Gasteiger partial charge in [0.2, 0.25) is 6.10 Å². The quantitative estimate of drug-likeness (QED) is 0.326. The second-order valence-corrected chi connectivity index (χ2v) is 8.85. The van der Waals surface area contributed by atoms with E-state index in [0.29, 0.717) is 15.7 Å². The van der Waals surface area contributed by atoms with Gasteiger partial charge < -0.3 is 10.1 Å². The van der Waals surface area contributed by atoms with Gasteiger partial charge in [0.25, 0.3) is 5.92 Å². The molecule has 0 spiro atoms. The van der Waals surface area contributed by atoms with Crippen LogP contribution < -0.4 is 5.32 Å². The largest absolute Gasteiger partial charge is 0.440 e. The molecule has 176 valence electrons. The monoisotopic (exact) mass is 502 g/mol. The summed E-state index contributed by atoms with van der Waals surface area (Å²) < 4.78 is 35.5. The number of nitriles is 1. The van der Waals surface area contributed by atoms with Crippen molar-refractivity contribution in [3.8, 4) is 6.07 Å². The molecular weight excluding hydrogens is 481 g/mol. The third-order valence-corrected chi connectivity index (χ3v) is 5.75. The standard InChI is InChI=1S/C26H22Cl2F2N2O2/c1-16(2)24(32-22-12-11-20(27)14-21(22)28)25(33)34-23(15-31)17-7-6-10-19(13-17)26(29,30)18-8-4-3-5-9-18/h3-14,16,23-24,32H,1-2H3. The molecule has 4 nitrogen and oxygen atoms in total. The van der Waals surface area contributed by atoms with E-state index in [-0.39, 0.29) is 22.6 Å². The van der Waals surface area contributed by atoms with Gasteiger partial charge in [0.05, 0.1) is 10.7 Å². The Balaban J connectivity index is 1.83. The number of alkyl halides is 2. The Hall–Kier alpha value is -3.14. The summed E-state index contributed by atoms with van der Waals surface area (Å²) in [5.74, 6) is -4.23. The first-order valence-electron chi connectivity index (χ1n) is 10.5. The van der Waals surface area contributed by atoms with Crippen LogP contribution in [0, 0.1) is 17.2 Å². The molecule has 0 aliphatic heterocycles. The van der Waals surface area contributed by atoms with Crippen LogP contribution in [0.25, 0.3) is 0 Å². The number of hydrogen-bond donors (Lipinski definition) is 1. The SMILES string of the molecule is CC(C)C(Nc1ccc(Cl)cc1Cl)C(=O)OC(C#N)c1cccc(C(F)(F)c2ccccc2)c1. The van der Waals surface area contributed by atoms with E-state index in [1.165, 1.54) is 54.6 Å². The zero-order chi connectivity index (χ0) is 24.9. The molecule has 0 aromatic heterocycles. The lowest BCUT2D eigenvalue weighted by molar-refractivity contribution is -0.148. The van der Waals surface area contributed by atoms with E-state index in [1.807, 2.05) is 6.07 Å². The van der Waals surface area contributed by atoms with Crippen molar-refractivity contribution in [2.24, 2.45) is 5.92 Å². The Bertz CT molecular complexity index is 1200. The van der Waals surface area contributed by atoms with Crippen LogP contribution in [0.3, 0.4) is 0 Å². The molecule has 34 heavy (non-hydrogen) atoms. The van der Waals surface area contributed by atoms with Crippen LogP contribution in [0.5, 0.6) is 0 Å². The van der Waals surface area contributed by atoms with Crippen molar-refractivity contribution in [1.82, 2.24) is 0 Å². The molecule has 3 aromatic rings. The number of halogens is 4. The number of rotatable bonds is 8. The number of carbonyl (C=O) groups excluding carboxylic acids is 1. The normalized spacial score (nSPS) is 13.1.